The molecule has 0 saturated carbocycles. The molecule has 3 radical (unpaired) electrons. The van der Waals surface area contributed by atoms with Gasteiger partial charge in [-0.05, 0) is 145 Å². The van der Waals surface area contributed by atoms with Gasteiger partial charge < -0.3 is 38.5 Å². The molecule has 2 fully saturated rings. The minimum Gasteiger partial charge on any atom is -0.793 e. The summed E-state index contributed by atoms with van der Waals surface area (Å²) in [5, 5.41) is 43.7. The Morgan fingerprint density at radius 1 is 0.480 bits per heavy atom. The van der Waals surface area contributed by atoms with Gasteiger partial charge in [0.1, 0.15) is 17.7 Å². The van der Waals surface area contributed by atoms with Crippen LogP contribution in [0.3, 0.4) is 0 Å². The number of halogens is 1. The molecule has 0 atom stereocenters. The second kappa shape index (κ2) is 44.1. The van der Waals surface area contributed by atoms with E-state index in [0.717, 1.165) is 166 Å². The second-order valence-electron chi connectivity index (χ2n) is 27.8. The van der Waals surface area contributed by atoms with Crippen molar-refractivity contribution < 1.29 is 88.4 Å². The Morgan fingerprint density at radius 3 is 1.26 bits per heavy atom. The number of nitrogens with zero attached hydrogens (tertiary/aromatic N) is 13. The Morgan fingerprint density at radius 2 is 0.862 bits per heavy atom. The summed E-state index contributed by atoms with van der Waals surface area (Å²) in [6.07, 6.45) is 13.3. The van der Waals surface area contributed by atoms with Crippen LogP contribution in [0.1, 0.15) is 84.8 Å². The van der Waals surface area contributed by atoms with Gasteiger partial charge in [-0.15, -0.1) is 0 Å². The molecule has 28 nitrogen and oxygen atoms in total. The SMILES string of the molecule is CC(=O)OOC(C)=O.Clc1nc2ncccc2cc1-c1ccccc1.O=Cc1ccc(-c2nc3ncccc3cc2-c2ccccc2)cc1.O=Cc1ccc(B(O)O)cc1.O=c1nc2n(O)cccc-2n1C1CCN(Cc2ccc(-c3nc4ncccc4cc3-c3ccccc3)cc2)CC1.O=c1nc2n(O)cccc-2n1C1CCNCC1.[B-]OC(C)=O.[Na+]. The van der Waals surface area contributed by atoms with Gasteiger partial charge in [0.15, 0.2) is 28.6 Å². The Bertz CT molecular complexity index is 6270. The monoisotopic (exact) mass is 1670 g/mol. The van der Waals surface area contributed by atoms with Crippen LogP contribution in [0.2, 0.25) is 5.15 Å². The molecule has 6 aliphatic rings. The molecular formula is C91H81B2ClN14NaO14. The maximum atomic E-state index is 12.6. The van der Waals surface area contributed by atoms with Gasteiger partial charge in [0, 0.05) is 139 Å². The number of carbonyl (C=O) groups excluding carboxylic acids is 5. The van der Waals surface area contributed by atoms with Crippen molar-refractivity contribution >= 4 is 95.8 Å². The van der Waals surface area contributed by atoms with Crippen molar-refractivity contribution in [1.29, 1.82) is 0 Å². The third-order valence-corrected chi connectivity index (χ3v) is 19.8. The quantitative estimate of drug-likeness (QED) is 0.0189. The van der Waals surface area contributed by atoms with E-state index < -0.39 is 25.0 Å². The maximum Gasteiger partial charge on any atom is 1.00 e. The number of carbonyl (C=O) groups is 5. The number of pyridine rings is 8. The van der Waals surface area contributed by atoms with Crippen LogP contribution in [0, 0.1) is 0 Å². The minimum absolute atomic E-state index is 0. The zero-order valence-corrected chi connectivity index (χ0v) is 70.1. The van der Waals surface area contributed by atoms with Crippen LogP contribution in [0.4, 0.5) is 0 Å². The van der Waals surface area contributed by atoms with Gasteiger partial charge in [0.2, 0.25) is 5.97 Å². The second-order valence-corrected chi connectivity index (χ2v) is 28.2. The predicted octanol–water partition coefficient (Wildman–Crippen LogP) is 10.4. The Hall–Kier alpha value is -13.6. The van der Waals surface area contributed by atoms with Crippen molar-refractivity contribution in [3.63, 3.8) is 0 Å². The van der Waals surface area contributed by atoms with E-state index in [-0.39, 0.29) is 53.0 Å². The average molecular weight is 1670 g/mol. The van der Waals surface area contributed by atoms with Crippen LogP contribution in [-0.2, 0) is 35.4 Å². The van der Waals surface area contributed by atoms with Crippen molar-refractivity contribution in [2.75, 3.05) is 26.2 Å². The number of likely N-dealkylation sites (tertiary alicyclic amines) is 1. The van der Waals surface area contributed by atoms with E-state index in [4.69, 9.17) is 31.6 Å². The zero-order chi connectivity index (χ0) is 86.0. The van der Waals surface area contributed by atoms with E-state index in [2.05, 4.69) is 135 Å². The number of aldehydes is 2. The molecule has 2 saturated heterocycles. The molecular weight excluding hydrogens is 1590 g/mol. The third-order valence-electron chi connectivity index (χ3n) is 19.5. The van der Waals surface area contributed by atoms with Crippen LogP contribution >= 0.6 is 11.6 Å². The average Bonchev–Trinajstić information content (AvgIpc) is 1.64. The molecule has 6 aromatic carbocycles. The smallest absolute Gasteiger partial charge is 0.793 e. The Labute approximate surface area is 734 Å². The van der Waals surface area contributed by atoms with Gasteiger partial charge in [-0.2, -0.15) is 19.4 Å². The molecule has 0 bridgehead atoms. The summed E-state index contributed by atoms with van der Waals surface area (Å²) < 4.78 is 8.86. The van der Waals surface area contributed by atoms with Crippen LogP contribution < -0.4 is 51.7 Å². The number of imidazole rings is 2. The summed E-state index contributed by atoms with van der Waals surface area (Å²) in [5.74, 6) is -1.11. The fraction of sp³-hybridized carbons (Fsp3) is 0.154. The molecule has 613 valence electrons. The fourth-order valence-corrected chi connectivity index (χ4v) is 13.9. The number of rotatable bonds is 12. The van der Waals surface area contributed by atoms with Crippen LogP contribution in [-0.4, -0.2) is 156 Å². The first-order chi connectivity index (χ1) is 59.2. The third kappa shape index (κ3) is 24.0. The molecule has 0 amide bonds. The Kier molecular flexibility index (Phi) is 32.4. The summed E-state index contributed by atoms with van der Waals surface area (Å²) >= 11 is 6.19. The van der Waals surface area contributed by atoms with Gasteiger partial charge in [0.05, 0.1) is 22.8 Å². The van der Waals surface area contributed by atoms with E-state index in [9.17, 15) is 44.0 Å². The van der Waals surface area contributed by atoms with Gasteiger partial charge in [-0.3, -0.25) is 28.4 Å². The fourth-order valence-electron chi connectivity index (χ4n) is 13.7. The van der Waals surface area contributed by atoms with E-state index in [1.54, 1.807) is 52.0 Å². The van der Waals surface area contributed by atoms with Crippen LogP contribution in [0.15, 0.2) is 283 Å². The van der Waals surface area contributed by atoms with Crippen LogP contribution in [0.5, 0.6) is 0 Å². The number of hydrogen-bond donors (Lipinski definition) is 5. The molecule has 0 unspecified atom stereocenters. The first kappa shape index (κ1) is 90.2. The van der Waals surface area contributed by atoms with Crippen molar-refractivity contribution in [3.8, 4) is 78.9 Å². The van der Waals surface area contributed by atoms with Crippen molar-refractivity contribution in [2.45, 2.75) is 65.1 Å². The summed E-state index contributed by atoms with van der Waals surface area (Å²) in [7, 11) is 2.86. The van der Waals surface area contributed by atoms with Crippen molar-refractivity contribution in [1.82, 2.24) is 68.7 Å². The molecule has 12 heterocycles. The molecule has 123 heavy (non-hydrogen) atoms. The number of hydrogen-bond acceptors (Lipinski definition) is 24. The molecule has 0 spiro atoms. The number of nitrogens with one attached hydrogen (secondary N) is 1. The topological polar surface area (TPSA) is 366 Å². The molecule has 12 aromatic rings. The minimum atomic E-state index is -1.46. The predicted molar refractivity (Wildman–Crippen MR) is 464 cm³/mol. The Balaban J connectivity index is 0.000000153. The summed E-state index contributed by atoms with van der Waals surface area (Å²) in [6, 6.07) is 78.1. The largest absolute Gasteiger partial charge is 1.00 e. The molecule has 0 aliphatic carbocycles. The van der Waals surface area contributed by atoms with Crippen molar-refractivity contribution in [2.24, 2.45) is 0 Å². The first-order valence-corrected chi connectivity index (χ1v) is 39.0. The summed E-state index contributed by atoms with van der Waals surface area (Å²) in [4.78, 5) is 120. The van der Waals surface area contributed by atoms with Crippen LogP contribution in [0.25, 0.3) is 112 Å². The van der Waals surface area contributed by atoms with Gasteiger partial charge >= 0.3 is 60.0 Å². The van der Waals surface area contributed by atoms with E-state index in [1.165, 1.54) is 49.1 Å². The van der Waals surface area contributed by atoms with Gasteiger partial charge in [-0.1, -0.05) is 175 Å². The molecule has 6 aliphatic heterocycles. The van der Waals surface area contributed by atoms with E-state index in [1.807, 2.05) is 121 Å². The van der Waals surface area contributed by atoms with Gasteiger partial charge in [-0.25, -0.2) is 58.9 Å². The first-order valence-electron chi connectivity index (χ1n) is 38.6. The van der Waals surface area contributed by atoms with Crippen molar-refractivity contribution in [3.05, 3.63) is 316 Å². The molecule has 6 aromatic heterocycles. The summed E-state index contributed by atoms with van der Waals surface area (Å²) in [5.41, 5.74) is 15.9. The zero-order valence-electron chi connectivity index (χ0n) is 67.4. The standard InChI is InChI=1S/C32H28N6O2.C21H14N2O.C14H9ClN2.C11H14N4O2.C7H7BO3.C4H6O4.C2H3BO2.Na/c39-32-35-31-28(9-5-17-37(31)40)38(32)26-14-18-36(19-15-26)21-22-10-12-24(13-11-22)29-27(23-6-2-1-3-7-23)20-25-8-4-16-33-30(25)34-29;24-14-15-8-10-17(11-9-15)20-19(16-5-2-1-3-6-16)13-18-7-4-12-22-21(18)23-20;15-13-12(10-5-2-1-3-6-10)9-11-7-4-8-16-14(11)17-13;16-11-13-10-9(2-1-7-14(10)17)15(11)8-3-5-12-6-4-8;9-5-6-1-3-7(4-2-6)8(10)11;1-3(5)7-8-4(2)6;1-2(4)5-3;/h1-13,16-17,20,26,40H,14-15,18-19,21H2;1-14H;1-9H;1-2,7-8,12,17H,3-6H2;1-5,10-11H;1-2H3;1H3;/q;;;;;;-1;+1. The number of benzene rings is 6. The maximum absolute atomic E-state index is 12.6. The normalized spacial score (nSPS) is 12.4. The van der Waals surface area contributed by atoms with E-state index in [0.29, 0.717) is 62.4 Å². The number of fused-ring (bicyclic) bond motifs is 5. The number of piperidine rings is 2. The molecule has 32 heteroatoms. The number of aromatic nitrogens is 12. The van der Waals surface area contributed by atoms with Gasteiger partial charge in [0.25, 0.3) is 0 Å². The van der Waals surface area contributed by atoms with E-state index >= 15 is 0 Å². The molecule has 18 rings (SSSR count). The molecule has 5 N–H and O–H groups in total. The summed E-state index contributed by atoms with van der Waals surface area (Å²) in [6.45, 7) is 7.95.